The maximum atomic E-state index is 5.65. The van der Waals surface area contributed by atoms with E-state index in [2.05, 4.69) is 23.1 Å². The molecule has 0 aromatic heterocycles. The highest BCUT2D eigenvalue weighted by molar-refractivity contribution is 5.33. The third-order valence-corrected chi connectivity index (χ3v) is 4.63. The average molecular weight is 244 g/mol. The number of nitrogens with zero attached hydrogens (tertiary/aromatic N) is 1. The van der Waals surface area contributed by atoms with Gasteiger partial charge in [0, 0.05) is 19.1 Å². The summed E-state index contributed by atoms with van der Waals surface area (Å²) in [6.45, 7) is 3.27. The molecule has 0 amide bonds. The Morgan fingerprint density at radius 2 is 1.89 bits per heavy atom. The van der Waals surface area contributed by atoms with Gasteiger partial charge in [-0.15, -0.1) is 0 Å². The molecule has 1 saturated carbocycles. The molecule has 0 saturated heterocycles. The van der Waals surface area contributed by atoms with E-state index in [0.717, 1.165) is 19.0 Å². The Morgan fingerprint density at radius 3 is 2.56 bits per heavy atom. The molecule has 1 aromatic rings. The molecule has 0 atom stereocenters. The summed E-state index contributed by atoms with van der Waals surface area (Å²) in [4.78, 5) is 2.71. The first-order valence-electron chi connectivity index (χ1n) is 7.41. The van der Waals surface area contributed by atoms with Crippen LogP contribution in [0, 0.1) is 0 Å². The van der Waals surface area contributed by atoms with Crippen LogP contribution >= 0.6 is 0 Å². The van der Waals surface area contributed by atoms with E-state index in [1.165, 1.54) is 50.8 Å². The second-order valence-electron chi connectivity index (χ2n) is 5.76. The molecule has 2 N–H and O–H groups in total. The molecular formula is C16H24N2. The Hall–Kier alpha value is -0.860. The summed E-state index contributed by atoms with van der Waals surface area (Å²) < 4.78 is 0. The van der Waals surface area contributed by atoms with Crippen LogP contribution in [0.4, 0.5) is 0 Å². The van der Waals surface area contributed by atoms with E-state index in [-0.39, 0.29) is 0 Å². The summed E-state index contributed by atoms with van der Waals surface area (Å²) in [6.07, 6.45) is 7.76. The molecule has 2 aliphatic rings. The second kappa shape index (κ2) is 5.41. The highest BCUT2D eigenvalue weighted by Crippen LogP contribution is 2.27. The maximum absolute atomic E-state index is 5.65. The zero-order chi connectivity index (χ0) is 12.4. The number of benzene rings is 1. The molecule has 0 bridgehead atoms. The van der Waals surface area contributed by atoms with E-state index in [1.54, 1.807) is 11.1 Å². The number of fused-ring (bicyclic) bond motifs is 1. The molecule has 1 aliphatic carbocycles. The molecule has 1 aliphatic heterocycles. The van der Waals surface area contributed by atoms with Gasteiger partial charge in [-0.05, 0) is 55.3 Å². The van der Waals surface area contributed by atoms with Gasteiger partial charge in [-0.25, -0.2) is 0 Å². The minimum atomic E-state index is 0.757. The summed E-state index contributed by atoms with van der Waals surface area (Å²) in [6, 6.07) is 7.89. The molecule has 2 heteroatoms. The lowest BCUT2D eigenvalue weighted by Crippen LogP contribution is -2.41. The van der Waals surface area contributed by atoms with Gasteiger partial charge in [-0.2, -0.15) is 0 Å². The van der Waals surface area contributed by atoms with E-state index in [9.17, 15) is 0 Å². The Balaban J connectivity index is 1.71. The SMILES string of the molecule is NCCc1ccc2c(c1)CCN(C1CCC1)CC2. The number of hydrogen-bond donors (Lipinski definition) is 1. The summed E-state index contributed by atoms with van der Waals surface area (Å²) in [7, 11) is 0. The van der Waals surface area contributed by atoms with Crippen molar-refractivity contribution >= 4 is 0 Å². The monoisotopic (exact) mass is 244 g/mol. The first-order valence-corrected chi connectivity index (χ1v) is 7.41. The van der Waals surface area contributed by atoms with Crippen molar-refractivity contribution in [3.05, 3.63) is 34.9 Å². The quantitative estimate of drug-likeness (QED) is 0.882. The van der Waals surface area contributed by atoms with Gasteiger partial charge in [0.25, 0.3) is 0 Å². The third kappa shape index (κ3) is 2.45. The van der Waals surface area contributed by atoms with Crippen LogP contribution in [-0.4, -0.2) is 30.6 Å². The standard InChI is InChI=1S/C16H24N2/c17-9-6-13-4-5-14-7-10-18(16-2-1-3-16)11-8-15(14)12-13/h4-5,12,16H,1-3,6-11,17H2. The molecule has 0 radical (unpaired) electrons. The fourth-order valence-electron chi connectivity index (χ4n) is 3.23. The molecular weight excluding hydrogens is 220 g/mol. The van der Waals surface area contributed by atoms with Crippen molar-refractivity contribution < 1.29 is 0 Å². The van der Waals surface area contributed by atoms with Gasteiger partial charge in [0.1, 0.15) is 0 Å². The highest BCUT2D eigenvalue weighted by Gasteiger charge is 2.26. The summed E-state index contributed by atoms with van der Waals surface area (Å²) in [5.74, 6) is 0. The lowest BCUT2D eigenvalue weighted by Gasteiger charge is -2.36. The fourth-order valence-corrected chi connectivity index (χ4v) is 3.23. The fraction of sp³-hybridized carbons (Fsp3) is 0.625. The molecule has 1 aromatic carbocycles. The summed E-state index contributed by atoms with van der Waals surface area (Å²) in [5, 5.41) is 0. The Labute approximate surface area is 110 Å². The lowest BCUT2D eigenvalue weighted by molar-refractivity contribution is 0.133. The molecule has 18 heavy (non-hydrogen) atoms. The van der Waals surface area contributed by atoms with Crippen molar-refractivity contribution in [3.8, 4) is 0 Å². The van der Waals surface area contributed by atoms with Crippen molar-refractivity contribution in [2.45, 2.75) is 44.6 Å². The minimum Gasteiger partial charge on any atom is -0.330 e. The minimum absolute atomic E-state index is 0.757. The van der Waals surface area contributed by atoms with Crippen LogP contribution in [0.2, 0.25) is 0 Å². The summed E-state index contributed by atoms with van der Waals surface area (Å²) in [5.41, 5.74) is 10.2. The van der Waals surface area contributed by atoms with Crippen LogP contribution in [0.3, 0.4) is 0 Å². The number of hydrogen-bond acceptors (Lipinski definition) is 2. The zero-order valence-corrected chi connectivity index (χ0v) is 11.2. The van der Waals surface area contributed by atoms with Crippen molar-refractivity contribution in [3.63, 3.8) is 0 Å². The van der Waals surface area contributed by atoms with Crippen LogP contribution in [0.1, 0.15) is 36.0 Å². The second-order valence-corrected chi connectivity index (χ2v) is 5.76. The number of rotatable bonds is 3. The van der Waals surface area contributed by atoms with Gasteiger partial charge >= 0.3 is 0 Å². The van der Waals surface area contributed by atoms with E-state index in [4.69, 9.17) is 5.73 Å². The van der Waals surface area contributed by atoms with E-state index < -0.39 is 0 Å². The molecule has 0 unspecified atom stereocenters. The van der Waals surface area contributed by atoms with Gasteiger partial charge in [-0.1, -0.05) is 24.6 Å². The van der Waals surface area contributed by atoms with Gasteiger partial charge in [0.15, 0.2) is 0 Å². The number of nitrogens with two attached hydrogens (primary N) is 1. The first kappa shape index (κ1) is 12.2. The van der Waals surface area contributed by atoms with Gasteiger partial charge in [-0.3, -0.25) is 4.90 Å². The van der Waals surface area contributed by atoms with Gasteiger partial charge < -0.3 is 5.73 Å². The first-order chi connectivity index (χ1) is 8.86. The Morgan fingerprint density at radius 1 is 1.11 bits per heavy atom. The normalized spacial score (nSPS) is 21.2. The zero-order valence-electron chi connectivity index (χ0n) is 11.2. The predicted octanol–water partition coefficient (Wildman–Crippen LogP) is 2.14. The molecule has 98 valence electrons. The molecule has 2 nitrogen and oxygen atoms in total. The van der Waals surface area contributed by atoms with Gasteiger partial charge in [0.2, 0.25) is 0 Å². The van der Waals surface area contributed by atoms with Crippen molar-refractivity contribution in [1.82, 2.24) is 4.90 Å². The van der Waals surface area contributed by atoms with Gasteiger partial charge in [0.05, 0.1) is 0 Å². The molecule has 1 heterocycles. The third-order valence-electron chi connectivity index (χ3n) is 4.63. The van der Waals surface area contributed by atoms with Crippen LogP contribution in [0.5, 0.6) is 0 Å². The maximum Gasteiger partial charge on any atom is 0.00955 e. The van der Waals surface area contributed by atoms with Crippen LogP contribution in [0.25, 0.3) is 0 Å². The van der Waals surface area contributed by atoms with Crippen LogP contribution in [-0.2, 0) is 19.3 Å². The topological polar surface area (TPSA) is 29.3 Å². The molecule has 0 spiro atoms. The van der Waals surface area contributed by atoms with Crippen molar-refractivity contribution in [2.24, 2.45) is 5.73 Å². The van der Waals surface area contributed by atoms with Crippen molar-refractivity contribution in [1.29, 1.82) is 0 Å². The molecule has 3 rings (SSSR count). The molecule has 1 fully saturated rings. The van der Waals surface area contributed by atoms with E-state index in [0.29, 0.717) is 0 Å². The highest BCUT2D eigenvalue weighted by atomic mass is 15.2. The predicted molar refractivity (Wildman–Crippen MR) is 75.8 cm³/mol. The Kier molecular flexibility index (Phi) is 3.67. The van der Waals surface area contributed by atoms with E-state index >= 15 is 0 Å². The van der Waals surface area contributed by atoms with Crippen LogP contribution in [0.15, 0.2) is 18.2 Å². The van der Waals surface area contributed by atoms with Crippen molar-refractivity contribution in [2.75, 3.05) is 19.6 Å². The lowest BCUT2D eigenvalue weighted by atomic mass is 9.91. The summed E-state index contributed by atoms with van der Waals surface area (Å²) >= 11 is 0. The van der Waals surface area contributed by atoms with E-state index in [1.807, 2.05) is 0 Å². The smallest absolute Gasteiger partial charge is 0.00955 e. The largest absolute Gasteiger partial charge is 0.330 e. The Bertz CT molecular complexity index is 410. The average Bonchev–Trinajstić information content (AvgIpc) is 2.51. The van der Waals surface area contributed by atoms with Crippen LogP contribution < -0.4 is 5.73 Å².